The van der Waals surface area contributed by atoms with Crippen molar-refractivity contribution in [3.05, 3.63) is 70.3 Å². The van der Waals surface area contributed by atoms with E-state index in [9.17, 15) is 18.3 Å². The lowest BCUT2D eigenvalue weighted by atomic mass is 9.70. The summed E-state index contributed by atoms with van der Waals surface area (Å²) in [4.78, 5) is 15.3. The van der Waals surface area contributed by atoms with Gasteiger partial charge >= 0.3 is 5.97 Å². The molecule has 0 aromatic heterocycles. The number of nitrogens with two attached hydrogens (primary N) is 1. The van der Waals surface area contributed by atoms with E-state index >= 15 is 0 Å². The van der Waals surface area contributed by atoms with Crippen molar-refractivity contribution in [3.8, 4) is 5.75 Å². The summed E-state index contributed by atoms with van der Waals surface area (Å²) in [5, 5.41) is 16.9. The van der Waals surface area contributed by atoms with Crippen LogP contribution in [0.3, 0.4) is 0 Å². The highest BCUT2D eigenvalue weighted by Gasteiger charge is 2.36. The van der Waals surface area contributed by atoms with Gasteiger partial charge in [-0.2, -0.15) is 0 Å². The first-order valence-electron chi connectivity index (χ1n) is 15.7. The van der Waals surface area contributed by atoms with Gasteiger partial charge in [0, 0.05) is 18.1 Å². The lowest BCUT2D eigenvalue weighted by Crippen LogP contribution is -2.43. The van der Waals surface area contributed by atoms with Gasteiger partial charge in [0.25, 0.3) is 0 Å². The molecule has 4 atom stereocenters. The molecule has 3 N–H and O–H groups in total. The Morgan fingerprint density at radius 2 is 1.95 bits per heavy atom. The molecule has 8 nitrogen and oxygen atoms in total. The molecule has 0 saturated heterocycles. The average molecular weight is 647 g/mol. The van der Waals surface area contributed by atoms with Crippen molar-refractivity contribution in [2.24, 2.45) is 28.8 Å². The van der Waals surface area contributed by atoms with Crippen LogP contribution in [0.4, 0.5) is 5.69 Å². The van der Waals surface area contributed by atoms with Crippen LogP contribution in [-0.4, -0.2) is 51.0 Å². The van der Waals surface area contributed by atoms with Crippen LogP contribution in [0.15, 0.2) is 48.6 Å². The molecule has 1 saturated carbocycles. The highest BCUT2D eigenvalue weighted by molar-refractivity contribution is 7.89. The highest BCUT2D eigenvalue weighted by atomic mass is 35.5. The fourth-order valence-corrected chi connectivity index (χ4v) is 7.13. The first-order chi connectivity index (χ1) is 20.9. The summed E-state index contributed by atoms with van der Waals surface area (Å²) < 4.78 is 34.7. The van der Waals surface area contributed by atoms with Crippen molar-refractivity contribution in [2.75, 3.05) is 30.3 Å². The molecule has 1 aliphatic heterocycles. The van der Waals surface area contributed by atoms with Crippen molar-refractivity contribution in [1.82, 2.24) is 0 Å². The number of rotatable bonds is 11. The quantitative estimate of drug-likeness (QED) is 0.223. The summed E-state index contributed by atoms with van der Waals surface area (Å²) >= 11 is 6.32. The van der Waals surface area contributed by atoms with Crippen molar-refractivity contribution >= 4 is 33.3 Å². The lowest BCUT2D eigenvalue weighted by molar-refractivity contribution is 0.0459. The fraction of sp³-hybridized carbons (Fsp3) is 0.559. The van der Waals surface area contributed by atoms with Crippen molar-refractivity contribution < 1.29 is 27.8 Å². The number of sulfonamides is 1. The van der Waals surface area contributed by atoms with Crippen LogP contribution >= 0.6 is 11.6 Å². The van der Waals surface area contributed by atoms with Crippen LogP contribution in [0.25, 0.3) is 0 Å². The number of halogens is 1. The van der Waals surface area contributed by atoms with E-state index in [1.807, 2.05) is 57.2 Å². The first-order valence-corrected chi connectivity index (χ1v) is 17.8. The number of aryl methyl sites for hydroxylation is 1. The molecule has 242 valence electrons. The SMILES string of the molecule is CC(C)COC(=O)c1ccc2c(c1)N(C[C@@H]1CC[C@H]1[C@@H](O)/C=C/C[C@@H](C)CS(N)(=O)=O)CCCCc1cc(Cl)ccc1CO2. The Hall–Kier alpha value is -2.59. The molecular formula is C34H47ClN2O6S. The number of carbonyl (C=O) groups excluding carboxylic acids is 1. The minimum absolute atomic E-state index is 0.0823. The molecule has 1 aliphatic carbocycles. The van der Waals surface area contributed by atoms with Crippen molar-refractivity contribution in [1.29, 1.82) is 0 Å². The number of anilines is 1. The first kappa shape index (κ1) is 34.3. The summed E-state index contributed by atoms with van der Waals surface area (Å²) in [6.07, 6.45) is 8.30. The molecule has 0 unspecified atom stereocenters. The number of esters is 1. The second-order valence-electron chi connectivity index (χ2n) is 12.9. The van der Waals surface area contributed by atoms with Crippen LogP contribution in [0.5, 0.6) is 5.75 Å². The predicted molar refractivity (Wildman–Crippen MR) is 176 cm³/mol. The summed E-state index contributed by atoms with van der Waals surface area (Å²) in [5.41, 5.74) is 3.63. The van der Waals surface area contributed by atoms with E-state index in [2.05, 4.69) is 4.90 Å². The van der Waals surface area contributed by atoms with Gasteiger partial charge in [0.2, 0.25) is 10.0 Å². The summed E-state index contributed by atoms with van der Waals surface area (Å²) in [6.45, 7) is 8.09. The van der Waals surface area contributed by atoms with Crippen LogP contribution < -0.4 is 14.8 Å². The van der Waals surface area contributed by atoms with Crippen molar-refractivity contribution in [3.63, 3.8) is 0 Å². The van der Waals surface area contributed by atoms with E-state index in [4.69, 9.17) is 26.2 Å². The maximum Gasteiger partial charge on any atom is 0.338 e. The van der Waals surface area contributed by atoms with Crippen LogP contribution in [0.1, 0.15) is 74.4 Å². The van der Waals surface area contributed by atoms with Gasteiger partial charge in [0.15, 0.2) is 0 Å². The molecule has 0 spiro atoms. The second kappa shape index (κ2) is 15.6. The lowest BCUT2D eigenvalue weighted by Gasteiger charge is -2.42. The number of aliphatic hydroxyl groups excluding tert-OH is 1. The zero-order valence-electron chi connectivity index (χ0n) is 26.1. The highest BCUT2D eigenvalue weighted by Crippen LogP contribution is 2.41. The number of nitrogens with zero attached hydrogens (tertiary/aromatic N) is 1. The largest absolute Gasteiger partial charge is 0.487 e. The van der Waals surface area contributed by atoms with E-state index in [0.29, 0.717) is 36.0 Å². The Bertz CT molecular complexity index is 1410. The van der Waals surface area contributed by atoms with E-state index in [1.165, 1.54) is 5.56 Å². The van der Waals surface area contributed by atoms with Gasteiger partial charge < -0.3 is 19.5 Å². The van der Waals surface area contributed by atoms with Gasteiger partial charge in [-0.25, -0.2) is 18.4 Å². The van der Waals surface area contributed by atoms with E-state index in [1.54, 1.807) is 12.1 Å². The van der Waals surface area contributed by atoms with Gasteiger partial charge in [-0.05, 0) is 104 Å². The zero-order valence-corrected chi connectivity index (χ0v) is 27.7. The molecule has 0 amide bonds. The predicted octanol–water partition coefficient (Wildman–Crippen LogP) is 6.13. The molecule has 10 heteroatoms. The number of ether oxygens (including phenoxy) is 2. The standard InChI is InChI=1S/C34H47ClN2O6S/c1-23(2)20-43-34(39)26-12-15-33-31(18-26)37(16-5-4-8-25-17-29(35)13-10-28(25)21-42-33)19-27-11-14-30(27)32(38)9-6-7-24(3)22-44(36,40)41/h6,9-10,12-13,15,17-18,23-24,27,30,32,38H,4-5,7-8,11,14,16,19-22H2,1-3H3,(H2,36,40,41)/b9-6+/t24-,27+,30-,32+/m1/s1. The number of hydrogen-bond acceptors (Lipinski definition) is 7. The Morgan fingerprint density at radius 3 is 2.66 bits per heavy atom. The molecule has 2 aromatic rings. The van der Waals surface area contributed by atoms with Gasteiger partial charge in [-0.3, -0.25) is 0 Å². The maximum absolute atomic E-state index is 12.9. The minimum Gasteiger partial charge on any atom is -0.487 e. The Balaban J connectivity index is 1.54. The number of fused-ring (bicyclic) bond motifs is 2. The minimum atomic E-state index is -3.53. The van der Waals surface area contributed by atoms with Crippen LogP contribution in [0, 0.1) is 23.7 Å². The molecule has 0 bridgehead atoms. The third-order valence-electron chi connectivity index (χ3n) is 8.52. The Morgan fingerprint density at radius 1 is 1.16 bits per heavy atom. The third kappa shape index (κ3) is 9.96. The molecule has 4 rings (SSSR count). The number of primary sulfonamides is 1. The van der Waals surface area contributed by atoms with Gasteiger partial charge in [-0.1, -0.05) is 50.6 Å². The molecule has 1 fully saturated rings. The molecule has 1 heterocycles. The van der Waals surface area contributed by atoms with E-state index in [-0.39, 0.29) is 35.4 Å². The monoisotopic (exact) mass is 646 g/mol. The second-order valence-corrected chi connectivity index (χ2v) is 15.0. The van der Waals surface area contributed by atoms with Crippen LogP contribution in [-0.2, 0) is 27.8 Å². The van der Waals surface area contributed by atoms with Gasteiger partial charge in [0.1, 0.15) is 12.4 Å². The number of allylic oxidation sites excluding steroid dienone is 1. The third-order valence-corrected chi connectivity index (χ3v) is 9.79. The van der Waals surface area contributed by atoms with Gasteiger partial charge in [-0.15, -0.1) is 0 Å². The summed E-state index contributed by atoms with van der Waals surface area (Å²) in [6, 6.07) is 11.4. The normalized spacial score (nSPS) is 20.6. The van der Waals surface area contributed by atoms with Crippen molar-refractivity contribution in [2.45, 2.75) is 72.0 Å². The van der Waals surface area contributed by atoms with E-state index in [0.717, 1.165) is 56.4 Å². The Labute approximate surface area is 267 Å². The van der Waals surface area contributed by atoms with E-state index < -0.39 is 16.1 Å². The molecule has 0 radical (unpaired) electrons. The number of carbonyl (C=O) groups is 1. The maximum atomic E-state index is 12.9. The summed E-state index contributed by atoms with van der Waals surface area (Å²) in [7, 11) is -3.53. The molecular weight excluding hydrogens is 600 g/mol. The molecule has 2 aromatic carbocycles. The molecule has 44 heavy (non-hydrogen) atoms. The number of aliphatic hydroxyl groups is 1. The van der Waals surface area contributed by atoms with Crippen LogP contribution in [0.2, 0.25) is 5.02 Å². The topological polar surface area (TPSA) is 119 Å². The van der Waals surface area contributed by atoms with Gasteiger partial charge in [0.05, 0.1) is 29.7 Å². The smallest absolute Gasteiger partial charge is 0.338 e. The Kier molecular flexibility index (Phi) is 12.2. The number of hydrogen-bond donors (Lipinski definition) is 2. The average Bonchev–Trinajstić information content (AvgIpc) is 2.96. The zero-order chi connectivity index (χ0) is 31.9. The summed E-state index contributed by atoms with van der Waals surface area (Å²) in [5.74, 6) is 0.725. The molecule has 2 aliphatic rings. The number of benzene rings is 2. The fourth-order valence-electron chi connectivity index (χ4n) is 6.00.